The highest BCUT2D eigenvalue weighted by molar-refractivity contribution is 5.88. The van der Waals surface area contributed by atoms with Crippen LogP contribution in [0.5, 0.6) is 0 Å². The van der Waals surface area contributed by atoms with Crippen molar-refractivity contribution in [1.82, 2.24) is 14.8 Å². The second-order valence-corrected chi connectivity index (χ2v) is 5.73. The van der Waals surface area contributed by atoms with Crippen LogP contribution in [-0.2, 0) is 16.0 Å². The van der Waals surface area contributed by atoms with E-state index in [4.69, 9.17) is 4.74 Å². The zero-order valence-corrected chi connectivity index (χ0v) is 13.2. The Balaban J connectivity index is 1.65. The number of carbonyl (C=O) groups is 2. The molecule has 0 radical (unpaired) electrons. The molecule has 1 aliphatic rings. The summed E-state index contributed by atoms with van der Waals surface area (Å²) < 4.78 is 4.75. The summed E-state index contributed by atoms with van der Waals surface area (Å²) in [5, 5.41) is 1.09. The van der Waals surface area contributed by atoms with Gasteiger partial charge in [0.25, 0.3) is 0 Å². The molecule has 1 aromatic heterocycles. The molecular formula is C17H21N3O3. The second-order valence-electron chi connectivity index (χ2n) is 5.73. The highest BCUT2D eigenvalue weighted by Crippen LogP contribution is 2.19. The van der Waals surface area contributed by atoms with Crippen LogP contribution in [0, 0.1) is 0 Å². The van der Waals surface area contributed by atoms with Crippen LogP contribution in [0.2, 0.25) is 0 Å². The molecule has 23 heavy (non-hydrogen) atoms. The Bertz CT molecular complexity index is 710. The van der Waals surface area contributed by atoms with E-state index in [1.807, 2.05) is 35.4 Å². The van der Waals surface area contributed by atoms with E-state index < -0.39 is 0 Å². The molecule has 2 aromatic rings. The van der Waals surface area contributed by atoms with E-state index in [2.05, 4.69) is 4.98 Å². The number of carbonyl (C=O) groups excluding carboxylic acids is 2. The Labute approximate surface area is 135 Å². The molecule has 2 heterocycles. The van der Waals surface area contributed by atoms with Gasteiger partial charge in [-0.25, -0.2) is 4.79 Å². The summed E-state index contributed by atoms with van der Waals surface area (Å²) in [4.78, 5) is 30.9. The molecule has 0 saturated carbocycles. The Morgan fingerprint density at radius 1 is 1.13 bits per heavy atom. The SMILES string of the molecule is COC(=O)N1CCCN(C(=O)Cc2c[nH]c3ccccc23)CC1. The average molecular weight is 315 g/mol. The third-order valence-electron chi connectivity index (χ3n) is 4.30. The summed E-state index contributed by atoms with van der Waals surface area (Å²) in [6, 6.07) is 7.98. The molecule has 2 amide bonds. The maximum Gasteiger partial charge on any atom is 0.409 e. The van der Waals surface area contributed by atoms with Gasteiger partial charge in [-0.05, 0) is 18.1 Å². The summed E-state index contributed by atoms with van der Waals surface area (Å²) >= 11 is 0. The first-order valence-corrected chi connectivity index (χ1v) is 7.84. The van der Waals surface area contributed by atoms with Gasteiger partial charge in [0.2, 0.25) is 5.91 Å². The number of fused-ring (bicyclic) bond motifs is 1. The lowest BCUT2D eigenvalue weighted by molar-refractivity contribution is -0.130. The van der Waals surface area contributed by atoms with Gasteiger partial charge < -0.3 is 19.5 Å². The highest BCUT2D eigenvalue weighted by Gasteiger charge is 2.22. The molecule has 6 nitrogen and oxygen atoms in total. The van der Waals surface area contributed by atoms with Gasteiger partial charge in [-0.15, -0.1) is 0 Å². The predicted molar refractivity (Wildman–Crippen MR) is 87.2 cm³/mol. The fourth-order valence-electron chi connectivity index (χ4n) is 3.03. The first kappa shape index (κ1) is 15.4. The number of amides is 2. The van der Waals surface area contributed by atoms with E-state index in [9.17, 15) is 9.59 Å². The average Bonchev–Trinajstić information content (AvgIpc) is 2.82. The fourth-order valence-corrected chi connectivity index (χ4v) is 3.03. The van der Waals surface area contributed by atoms with Crippen molar-refractivity contribution in [2.45, 2.75) is 12.8 Å². The largest absolute Gasteiger partial charge is 0.453 e. The molecule has 1 saturated heterocycles. The van der Waals surface area contributed by atoms with Crippen LogP contribution in [-0.4, -0.2) is 60.1 Å². The molecule has 122 valence electrons. The molecular weight excluding hydrogens is 294 g/mol. The Kier molecular flexibility index (Phi) is 4.50. The van der Waals surface area contributed by atoms with Crippen LogP contribution in [0.4, 0.5) is 4.79 Å². The van der Waals surface area contributed by atoms with Gasteiger partial charge in [0, 0.05) is 43.3 Å². The monoisotopic (exact) mass is 315 g/mol. The minimum absolute atomic E-state index is 0.0986. The first-order chi connectivity index (χ1) is 11.2. The molecule has 0 spiro atoms. The number of hydrogen-bond acceptors (Lipinski definition) is 3. The maximum atomic E-state index is 12.6. The van der Waals surface area contributed by atoms with Gasteiger partial charge in [-0.1, -0.05) is 18.2 Å². The van der Waals surface area contributed by atoms with Crippen LogP contribution in [0.25, 0.3) is 10.9 Å². The smallest absolute Gasteiger partial charge is 0.409 e. The number of ether oxygens (including phenoxy) is 1. The minimum atomic E-state index is -0.323. The summed E-state index contributed by atoms with van der Waals surface area (Å²) in [6.45, 7) is 2.38. The van der Waals surface area contributed by atoms with E-state index in [-0.39, 0.29) is 12.0 Å². The lowest BCUT2D eigenvalue weighted by Crippen LogP contribution is -2.37. The number of aromatic amines is 1. The zero-order chi connectivity index (χ0) is 16.2. The van der Waals surface area contributed by atoms with Crippen LogP contribution in [0.15, 0.2) is 30.5 Å². The third-order valence-corrected chi connectivity index (χ3v) is 4.30. The molecule has 1 aliphatic heterocycles. The molecule has 0 atom stereocenters. The van der Waals surface area contributed by atoms with Crippen LogP contribution in [0.1, 0.15) is 12.0 Å². The van der Waals surface area contributed by atoms with Gasteiger partial charge in [-0.2, -0.15) is 0 Å². The summed E-state index contributed by atoms with van der Waals surface area (Å²) in [7, 11) is 1.38. The summed E-state index contributed by atoms with van der Waals surface area (Å²) in [5.41, 5.74) is 2.06. The van der Waals surface area contributed by atoms with Crippen molar-refractivity contribution in [1.29, 1.82) is 0 Å². The summed E-state index contributed by atoms with van der Waals surface area (Å²) in [5.74, 6) is 0.0986. The van der Waals surface area contributed by atoms with Crippen LogP contribution >= 0.6 is 0 Å². The molecule has 1 aromatic carbocycles. The molecule has 0 bridgehead atoms. The van der Waals surface area contributed by atoms with E-state index in [1.54, 1.807) is 4.90 Å². The lowest BCUT2D eigenvalue weighted by Gasteiger charge is -2.21. The molecule has 0 aliphatic carbocycles. The second kappa shape index (κ2) is 6.73. The van der Waals surface area contributed by atoms with Gasteiger partial charge in [0.15, 0.2) is 0 Å². The number of nitrogens with zero attached hydrogens (tertiary/aromatic N) is 2. The van der Waals surface area contributed by atoms with E-state index in [0.717, 1.165) is 22.9 Å². The van der Waals surface area contributed by atoms with Gasteiger partial charge in [0.05, 0.1) is 13.5 Å². The number of nitrogens with one attached hydrogen (secondary N) is 1. The lowest BCUT2D eigenvalue weighted by atomic mass is 10.1. The number of rotatable bonds is 2. The number of aromatic nitrogens is 1. The van der Waals surface area contributed by atoms with E-state index in [1.165, 1.54) is 7.11 Å². The fraction of sp³-hybridized carbons (Fsp3) is 0.412. The number of hydrogen-bond donors (Lipinski definition) is 1. The predicted octanol–water partition coefficient (Wildman–Crippen LogP) is 2.01. The van der Waals surface area contributed by atoms with Crippen molar-refractivity contribution < 1.29 is 14.3 Å². The maximum absolute atomic E-state index is 12.6. The van der Waals surface area contributed by atoms with E-state index >= 15 is 0 Å². The van der Waals surface area contributed by atoms with Crippen molar-refractivity contribution >= 4 is 22.9 Å². The standard InChI is InChI=1S/C17H21N3O3/c1-23-17(22)20-8-4-7-19(9-10-20)16(21)11-13-12-18-15-6-3-2-5-14(13)15/h2-3,5-6,12,18H,4,7-11H2,1H3. The summed E-state index contributed by atoms with van der Waals surface area (Å²) in [6.07, 6.45) is 2.73. The Morgan fingerprint density at radius 2 is 1.87 bits per heavy atom. The Morgan fingerprint density at radius 3 is 2.70 bits per heavy atom. The highest BCUT2D eigenvalue weighted by atomic mass is 16.5. The molecule has 1 fully saturated rings. The van der Waals surface area contributed by atoms with Crippen molar-refractivity contribution in [3.8, 4) is 0 Å². The van der Waals surface area contributed by atoms with Crippen molar-refractivity contribution in [2.75, 3.05) is 33.3 Å². The molecule has 1 N–H and O–H groups in total. The quantitative estimate of drug-likeness (QED) is 0.922. The molecule has 6 heteroatoms. The van der Waals surface area contributed by atoms with Gasteiger partial charge in [-0.3, -0.25) is 4.79 Å². The van der Waals surface area contributed by atoms with E-state index in [0.29, 0.717) is 32.6 Å². The normalized spacial score (nSPS) is 15.5. The first-order valence-electron chi connectivity index (χ1n) is 7.84. The number of para-hydroxylation sites is 1. The zero-order valence-electron chi connectivity index (χ0n) is 13.2. The third kappa shape index (κ3) is 3.31. The van der Waals surface area contributed by atoms with Crippen molar-refractivity contribution in [3.63, 3.8) is 0 Å². The molecule has 3 rings (SSSR count). The van der Waals surface area contributed by atoms with Crippen molar-refractivity contribution in [3.05, 3.63) is 36.0 Å². The van der Waals surface area contributed by atoms with Gasteiger partial charge in [0.1, 0.15) is 0 Å². The minimum Gasteiger partial charge on any atom is -0.453 e. The van der Waals surface area contributed by atoms with Crippen molar-refractivity contribution in [2.24, 2.45) is 0 Å². The Hall–Kier alpha value is -2.50. The number of H-pyrrole nitrogens is 1. The number of benzene rings is 1. The van der Waals surface area contributed by atoms with Gasteiger partial charge >= 0.3 is 6.09 Å². The topological polar surface area (TPSA) is 65.6 Å². The molecule has 0 unspecified atom stereocenters. The van der Waals surface area contributed by atoms with Crippen LogP contribution < -0.4 is 0 Å². The number of methoxy groups -OCH3 is 1. The van der Waals surface area contributed by atoms with Crippen LogP contribution in [0.3, 0.4) is 0 Å².